The largest absolute Gasteiger partial charge is 0.492 e. The number of hydrogen-bond donors (Lipinski definition) is 1. The molecule has 0 amide bonds. The van der Waals surface area contributed by atoms with Gasteiger partial charge in [-0.05, 0) is 25.1 Å². The number of benzene rings is 1. The third-order valence-electron chi connectivity index (χ3n) is 3.95. The van der Waals surface area contributed by atoms with E-state index < -0.39 is 0 Å². The molecular weight excluding hydrogens is 312 g/mol. The molecule has 1 saturated heterocycles. The van der Waals surface area contributed by atoms with E-state index in [-0.39, 0.29) is 0 Å². The van der Waals surface area contributed by atoms with Gasteiger partial charge in [0.2, 0.25) is 0 Å². The summed E-state index contributed by atoms with van der Waals surface area (Å²) in [4.78, 5) is 8.91. The smallest absolute Gasteiger partial charge is 0.151 e. The fraction of sp³-hybridized carbons (Fsp3) is 0.353. The van der Waals surface area contributed by atoms with Crippen LogP contribution in [0.25, 0.3) is 0 Å². The van der Waals surface area contributed by atoms with E-state index >= 15 is 0 Å². The fourth-order valence-corrected chi connectivity index (χ4v) is 3.03. The van der Waals surface area contributed by atoms with Crippen molar-refractivity contribution in [1.82, 2.24) is 4.98 Å². The van der Waals surface area contributed by atoms with Gasteiger partial charge in [-0.25, -0.2) is 4.98 Å². The van der Waals surface area contributed by atoms with Crippen molar-refractivity contribution in [2.24, 2.45) is 0 Å². The molecule has 1 aromatic carbocycles. The second kappa shape index (κ2) is 6.96. The lowest BCUT2D eigenvalue weighted by atomic mass is 10.2. The molecule has 1 aromatic heterocycles. The Hall–Kier alpha value is -2.14. The molecular formula is C17H21ClN4O. The van der Waals surface area contributed by atoms with Crippen LogP contribution >= 0.6 is 11.6 Å². The Kier molecular flexibility index (Phi) is 4.76. The number of rotatable bonds is 4. The van der Waals surface area contributed by atoms with Gasteiger partial charge in [0, 0.05) is 32.4 Å². The lowest BCUT2D eigenvalue weighted by Crippen LogP contribution is -2.47. The van der Waals surface area contributed by atoms with Crippen LogP contribution in [0.1, 0.15) is 6.92 Å². The molecule has 3 rings (SSSR count). The van der Waals surface area contributed by atoms with Crippen molar-refractivity contribution in [2.45, 2.75) is 6.92 Å². The summed E-state index contributed by atoms with van der Waals surface area (Å²) < 4.78 is 5.73. The Morgan fingerprint density at radius 2 is 1.87 bits per heavy atom. The van der Waals surface area contributed by atoms with Gasteiger partial charge in [-0.3, -0.25) is 0 Å². The van der Waals surface area contributed by atoms with E-state index in [1.54, 1.807) is 12.3 Å². The monoisotopic (exact) mass is 332 g/mol. The second-order valence-electron chi connectivity index (χ2n) is 5.44. The van der Waals surface area contributed by atoms with Crippen LogP contribution in [0.4, 0.5) is 17.2 Å². The first kappa shape index (κ1) is 15.7. The van der Waals surface area contributed by atoms with Crippen LogP contribution in [0.2, 0.25) is 5.02 Å². The van der Waals surface area contributed by atoms with Crippen LogP contribution in [0, 0.1) is 0 Å². The molecule has 2 N–H and O–H groups in total. The van der Waals surface area contributed by atoms with Crippen molar-refractivity contribution in [3.63, 3.8) is 0 Å². The molecule has 1 aliphatic rings. The molecule has 6 heteroatoms. The normalized spacial score (nSPS) is 14.9. The number of hydrogen-bond acceptors (Lipinski definition) is 5. The maximum Gasteiger partial charge on any atom is 0.151 e. The highest BCUT2D eigenvalue weighted by Crippen LogP contribution is 2.30. The van der Waals surface area contributed by atoms with Crippen LogP contribution in [0.5, 0.6) is 5.75 Å². The molecule has 0 saturated carbocycles. The standard InChI is InChI=1S/C17H21ClN4O/c1-2-23-16-6-4-3-5-15(16)21-7-9-22(10-8-21)17-14(19)11-13(18)12-20-17/h3-6,11-12H,2,7-10,19H2,1H3. The Morgan fingerprint density at radius 3 is 2.57 bits per heavy atom. The number of nitrogen functional groups attached to an aromatic ring is 1. The number of nitrogens with zero attached hydrogens (tertiary/aromatic N) is 3. The van der Waals surface area contributed by atoms with Crippen LogP contribution in [-0.2, 0) is 0 Å². The minimum absolute atomic E-state index is 0.565. The van der Waals surface area contributed by atoms with Gasteiger partial charge in [0.1, 0.15) is 5.75 Å². The van der Waals surface area contributed by atoms with E-state index in [4.69, 9.17) is 22.1 Å². The zero-order valence-electron chi connectivity index (χ0n) is 13.2. The summed E-state index contributed by atoms with van der Waals surface area (Å²) in [7, 11) is 0. The zero-order valence-corrected chi connectivity index (χ0v) is 14.0. The molecule has 0 radical (unpaired) electrons. The number of ether oxygens (including phenoxy) is 1. The number of halogens is 1. The topological polar surface area (TPSA) is 54.6 Å². The molecule has 2 heterocycles. The number of para-hydroxylation sites is 2. The lowest BCUT2D eigenvalue weighted by molar-refractivity contribution is 0.340. The quantitative estimate of drug-likeness (QED) is 0.932. The molecule has 1 aliphatic heterocycles. The van der Waals surface area contributed by atoms with E-state index in [0.717, 1.165) is 43.4 Å². The molecule has 0 bridgehead atoms. The predicted molar refractivity (Wildman–Crippen MR) is 95.7 cm³/mol. The molecule has 0 spiro atoms. The number of piperazine rings is 1. The third kappa shape index (κ3) is 3.45. The first-order chi connectivity index (χ1) is 11.2. The number of aromatic nitrogens is 1. The second-order valence-corrected chi connectivity index (χ2v) is 5.88. The van der Waals surface area contributed by atoms with Gasteiger partial charge in [0.25, 0.3) is 0 Å². The van der Waals surface area contributed by atoms with E-state index in [0.29, 0.717) is 17.3 Å². The van der Waals surface area contributed by atoms with Crippen LogP contribution < -0.4 is 20.3 Å². The molecule has 2 aromatic rings. The van der Waals surface area contributed by atoms with Gasteiger partial charge in [0.05, 0.1) is 23.0 Å². The highest BCUT2D eigenvalue weighted by atomic mass is 35.5. The highest BCUT2D eigenvalue weighted by molar-refractivity contribution is 6.30. The average Bonchev–Trinajstić information content (AvgIpc) is 2.56. The van der Waals surface area contributed by atoms with Crippen molar-refractivity contribution < 1.29 is 4.74 Å². The molecule has 0 unspecified atom stereocenters. The van der Waals surface area contributed by atoms with E-state index in [9.17, 15) is 0 Å². The minimum Gasteiger partial charge on any atom is -0.492 e. The van der Waals surface area contributed by atoms with Crippen molar-refractivity contribution in [2.75, 3.05) is 48.3 Å². The Bertz CT molecular complexity index is 671. The van der Waals surface area contributed by atoms with Crippen molar-refractivity contribution in [3.05, 3.63) is 41.6 Å². The Balaban J connectivity index is 1.71. The van der Waals surface area contributed by atoms with Gasteiger partial charge in [-0.1, -0.05) is 23.7 Å². The minimum atomic E-state index is 0.565. The first-order valence-corrected chi connectivity index (χ1v) is 8.19. The average molecular weight is 333 g/mol. The van der Waals surface area contributed by atoms with Crippen LogP contribution in [0.3, 0.4) is 0 Å². The van der Waals surface area contributed by atoms with Crippen molar-refractivity contribution in [3.8, 4) is 5.75 Å². The van der Waals surface area contributed by atoms with Crippen LogP contribution in [0.15, 0.2) is 36.5 Å². The summed E-state index contributed by atoms with van der Waals surface area (Å²) in [6.07, 6.45) is 1.64. The van der Waals surface area contributed by atoms with Crippen molar-refractivity contribution >= 4 is 28.8 Å². The predicted octanol–water partition coefficient (Wildman–Crippen LogP) is 3.04. The van der Waals surface area contributed by atoms with Gasteiger partial charge in [-0.15, -0.1) is 0 Å². The fourth-order valence-electron chi connectivity index (χ4n) is 2.87. The van der Waals surface area contributed by atoms with Crippen molar-refractivity contribution in [1.29, 1.82) is 0 Å². The van der Waals surface area contributed by atoms with E-state index in [1.165, 1.54) is 0 Å². The van der Waals surface area contributed by atoms with Crippen LogP contribution in [-0.4, -0.2) is 37.8 Å². The summed E-state index contributed by atoms with van der Waals surface area (Å²) in [6.45, 7) is 6.19. The van der Waals surface area contributed by atoms with Gasteiger partial charge < -0.3 is 20.3 Å². The van der Waals surface area contributed by atoms with Gasteiger partial charge in [-0.2, -0.15) is 0 Å². The molecule has 0 atom stereocenters. The SMILES string of the molecule is CCOc1ccccc1N1CCN(c2ncc(Cl)cc2N)CC1. The molecule has 1 fully saturated rings. The van der Waals surface area contributed by atoms with E-state index in [1.807, 2.05) is 25.1 Å². The Morgan fingerprint density at radius 1 is 1.17 bits per heavy atom. The summed E-state index contributed by atoms with van der Waals surface area (Å²) in [6, 6.07) is 9.92. The summed E-state index contributed by atoms with van der Waals surface area (Å²) in [5.74, 6) is 1.75. The first-order valence-electron chi connectivity index (χ1n) is 7.81. The third-order valence-corrected chi connectivity index (χ3v) is 4.15. The molecule has 5 nitrogen and oxygen atoms in total. The lowest BCUT2D eigenvalue weighted by Gasteiger charge is -2.37. The molecule has 23 heavy (non-hydrogen) atoms. The van der Waals surface area contributed by atoms with Gasteiger partial charge >= 0.3 is 0 Å². The maximum atomic E-state index is 6.04. The Labute approximate surface area is 141 Å². The van der Waals surface area contributed by atoms with E-state index in [2.05, 4.69) is 20.9 Å². The number of pyridine rings is 1. The molecule has 0 aliphatic carbocycles. The summed E-state index contributed by atoms with van der Waals surface area (Å²) in [5.41, 5.74) is 7.81. The zero-order chi connectivity index (χ0) is 16.2. The molecule has 122 valence electrons. The summed E-state index contributed by atoms with van der Waals surface area (Å²) >= 11 is 5.92. The number of anilines is 3. The maximum absolute atomic E-state index is 6.04. The number of nitrogens with two attached hydrogens (primary N) is 1. The van der Waals surface area contributed by atoms with Gasteiger partial charge in [0.15, 0.2) is 5.82 Å². The highest BCUT2D eigenvalue weighted by Gasteiger charge is 2.21. The summed E-state index contributed by atoms with van der Waals surface area (Å²) in [5, 5.41) is 0.565.